The van der Waals surface area contributed by atoms with Gasteiger partial charge in [-0.25, -0.2) is 4.68 Å². The molecule has 5 nitrogen and oxygen atoms in total. The van der Waals surface area contributed by atoms with Crippen LogP contribution < -0.4 is 10.9 Å². The lowest BCUT2D eigenvalue weighted by Gasteiger charge is -2.18. The number of hydrogen-bond acceptors (Lipinski definition) is 3. The summed E-state index contributed by atoms with van der Waals surface area (Å²) in [6, 6.07) is 22.5. The van der Waals surface area contributed by atoms with E-state index in [1.165, 1.54) is 10.7 Å². The summed E-state index contributed by atoms with van der Waals surface area (Å²) in [6.07, 6.45) is 0. The van der Waals surface area contributed by atoms with Crippen LogP contribution in [0.3, 0.4) is 0 Å². The Labute approximate surface area is 152 Å². The summed E-state index contributed by atoms with van der Waals surface area (Å²) >= 11 is 0. The molecule has 26 heavy (non-hydrogen) atoms. The van der Waals surface area contributed by atoms with Crippen molar-refractivity contribution in [3.63, 3.8) is 0 Å². The van der Waals surface area contributed by atoms with Gasteiger partial charge in [0.1, 0.15) is 0 Å². The molecule has 1 N–H and O–H groups in total. The van der Waals surface area contributed by atoms with Crippen molar-refractivity contribution in [1.29, 1.82) is 0 Å². The van der Waals surface area contributed by atoms with Gasteiger partial charge in [-0.05, 0) is 24.1 Å². The molecule has 0 radical (unpaired) electrons. The van der Waals surface area contributed by atoms with Crippen LogP contribution in [-0.2, 0) is 11.3 Å². The standard InChI is InChI=1S/C21H21N3O2/c1-16-12-13-19(25)24(23-16)15-14-22-21(26)20(17-8-4-2-5-9-17)18-10-6-3-7-11-18/h2-13,20H,14-15H2,1H3,(H,22,26). The second-order valence-corrected chi connectivity index (χ2v) is 6.08. The SMILES string of the molecule is Cc1ccc(=O)n(CCNC(=O)C(c2ccccc2)c2ccccc2)n1. The van der Waals surface area contributed by atoms with E-state index in [1.54, 1.807) is 6.07 Å². The van der Waals surface area contributed by atoms with Crippen LogP contribution in [0.5, 0.6) is 0 Å². The largest absolute Gasteiger partial charge is 0.353 e. The number of nitrogens with one attached hydrogen (secondary N) is 1. The highest BCUT2D eigenvalue weighted by atomic mass is 16.2. The summed E-state index contributed by atoms with van der Waals surface area (Å²) in [4.78, 5) is 24.7. The van der Waals surface area contributed by atoms with Gasteiger partial charge in [-0.3, -0.25) is 9.59 Å². The van der Waals surface area contributed by atoms with Gasteiger partial charge >= 0.3 is 0 Å². The zero-order valence-corrected chi connectivity index (χ0v) is 14.6. The zero-order chi connectivity index (χ0) is 18.4. The number of benzene rings is 2. The smallest absolute Gasteiger partial charge is 0.266 e. The third kappa shape index (κ3) is 4.25. The first-order chi connectivity index (χ1) is 12.6. The number of aryl methyl sites for hydroxylation is 1. The van der Waals surface area contributed by atoms with E-state index in [0.29, 0.717) is 13.1 Å². The molecule has 1 heterocycles. The molecule has 1 amide bonds. The first kappa shape index (κ1) is 17.6. The highest BCUT2D eigenvalue weighted by Gasteiger charge is 2.22. The molecule has 0 atom stereocenters. The van der Waals surface area contributed by atoms with E-state index >= 15 is 0 Å². The molecule has 5 heteroatoms. The molecule has 0 bridgehead atoms. The lowest BCUT2D eigenvalue weighted by Crippen LogP contribution is -2.35. The van der Waals surface area contributed by atoms with Gasteiger partial charge in [0.2, 0.25) is 5.91 Å². The quantitative estimate of drug-likeness (QED) is 0.745. The molecular formula is C21H21N3O2. The zero-order valence-electron chi connectivity index (χ0n) is 14.6. The first-order valence-electron chi connectivity index (χ1n) is 8.57. The van der Waals surface area contributed by atoms with Crippen molar-refractivity contribution < 1.29 is 4.79 Å². The average molecular weight is 347 g/mol. The molecular weight excluding hydrogens is 326 g/mol. The van der Waals surface area contributed by atoms with Gasteiger partial charge in [-0.2, -0.15) is 5.10 Å². The van der Waals surface area contributed by atoms with Crippen LogP contribution in [0.25, 0.3) is 0 Å². The molecule has 2 aromatic carbocycles. The fourth-order valence-electron chi connectivity index (χ4n) is 2.88. The summed E-state index contributed by atoms with van der Waals surface area (Å²) in [5, 5.41) is 7.12. The molecule has 0 aliphatic carbocycles. The maximum Gasteiger partial charge on any atom is 0.266 e. The number of nitrogens with zero attached hydrogens (tertiary/aromatic N) is 2. The normalized spacial score (nSPS) is 10.7. The lowest BCUT2D eigenvalue weighted by atomic mass is 9.90. The van der Waals surface area contributed by atoms with Gasteiger partial charge in [0.15, 0.2) is 0 Å². The molecule has 0 aliphatic heterocycles. The summed E-state index contributed by atoms with van der Waals surface area (Å²) in [6.45, 7) is 2.50. The number of aromatic nitrogens is 2. The van der Waals surface area contributed by atoms with Crippen molar-refractivity contribution in [3.05, 3.63) is 100.0 Å². The van der Waals surface area contributed by atoms with Crippen molar-refractivity contribution in [2.24, 2.45) is 0 Å². The maximum absolute atomic E-state index is 12.9. The molecule has 0 spiro atoms. The van der Waals surface area contributed by atoms with Crippen molar-refractivity contribution in [2.75, 3.05) is 6.54 Å². The van der Waals surface area contributed by atoms with Crippen LogP contribution in [0.4, 0.5) is 0 Å². The second-order valence-electron chi connectivity index (χ2n) is 6.08. The Balaban J connectivity index is 1.74. The molecule has 3 rings (SSSR count). The lowest BCUT2D eigenvalue weighted by molar-refractivity contribution is -0.121. The highest BCUT2D eigenvalue weighted by Crippen LogP contribution is 2.24. The molecule has 0 aliphatic rings. The number of amides is 1. The Bertz CT molecular complexity index is 881. The third-order valence-electron chi connectivity index (χ3n) is 4.15. The highest BCUT2D eigenvalue weighted by molar-refractivity contribution is 5.87. The van der Waals surface area contributed by atoms with Crippen LogP contribution in [0.15, 0.2) is 77.6 Å². The van der Waals surface area contributed by atoms with Crippen molar-refractivity contribution >= 4 is 5.91 Å². The number of rotatable bonds is 6. The van der Waals surface area contributed by atoms with Gasteiger partial charge < -0.3 is 5.32 Å². The molecule has 0 saturated carbocycles. The van der Waals surface area contributed by atoms with E-state index in [1.807, 2.05) is 67.6 Å². The molecule has 132 valence electrons. The van der Waals surface area contributed by atoms with Gasteiger partial charge in [0, 0.05) is 12.6 Å². The van der Waals surface area contributed by atoms with Gasteiger partial charge in [-0.15, -0.1) is 0 Å². The molecule has 0 unspecified atom stereocenters. The number of hydrogen-bond donors (Lipinski definition) is 1. The Morgan fingerprint density at radius 3 is 2.12 bits per heavy atom. The summed E-state index contributed by atoms with van der Waals surface area (Å²) in [5.41, 5.74) is 2.46. The second kappa shape index (κ2) is 8.25. The molecule has 0 saturated heterocycles. The minimum atomic E-state index is -0.389. The first-order valence-corrected chi connectivity index (χ1v) is 8.57. The molecule has 3 aromatic rings. The summed E-state index contributed by atoms with van der Waals surface area (Å²) in [5.74, 6) is -0.484. The Morgan fingerprint density at radius 1 is 0.962 bits per heavy atom. The summed E-state index contributed by atoms with van der Waals surface area (Å²) in [7, 11) is 0. The predicted molar refractivity (Wildman–Crippen MR) is 101 cm³/mol. The Morgan fingerprint density at radius 2 is 1.54 bits per heavy atom. The fraction of sp³-hybridized carbons (Fsp3) is 0.190. The fourth-order valence-corrected chi connectivity index (χ4v) is 2.88. The summed E-state index contributed by atoms with van der Waals surface area (Å²) < 4.78 is 1.37. The Hall–Kier alpha value is -3.21. The van der Waals surface area contributed by atoms with Crippen LogP contribution in [0.1, 0.15) is 22.7 Å². The van der Waals surface area contributed by atoms with E-state index in [4.69, 9.17) is 0 Å². The van der Waals surface area contributed by atoms with Crippen LogP contribution >= 0.6 is 0 Å². The average Bonchev–Trinajstić information content (AvgIpc) is 2.66. The van der Waals surface area contributed by atoms with Crippen molar-refractivity contribution in [1.82, 2.24) is 15.1 Å². The van der Waals surface area contributed by atoms with Crippen molar-refractivity contribution in [2.45, 2.75) is 19.4 Å². The third-order valence-corrected chi connectivity index (χ3v) is 4.15. The van der Waals surface area contributed by atoms with Gasteiger partial charge in [0.05, 0.1) is 18.2 Å². The van der Waals surface area contributed by atoms with Crippen molar-refractivity contribution in [3.8, 4) is 0 Å². The van der Waals surface area contributed by atoms with E-state index in [0.717, 1.165) is 16.8 Å². The number of carbonyl (C=O) groups is 1. The van der Waals surface area contributed by atoms with E-state index < -0.39 is 0 Å². The van der Waals surface area contributed by atoms with Crippen LogP contribution in [0.2, 0.25) is 0 Å². The van der Waals surface area contributed by atoms with Gasteiger partial charge in [0.25, 0.3) is 5.56 Å². The number of carbonyl (C=O) groups excluding carboxylic acids is 1. The van der Waals surface area contributed by atoms with E-state index in [-0.39, 0.29) is 17.4 Å². The maximum atomic E-state index is 12.9. The predicted octanol–water partition coefficient (Wildman–Crippen LogP) is 2.50. The van der Waals surface area contributed by atoms with Crippen LogP contribution in [0, 0.1) is 6.92 Å². The van der Waals surface area contributed by atoms with E-state index in [2.05, 4.69) is 10.4 Å². The topological polar surface area (TPSA) is 64.0 Å². The Kier molecular flexibility index (Phi) is 5.59. The van der Waals surface area contributed by atoms with Gasteiger partial charge in [-0.1, -0.05) is 60.7 Å². The minimum absolute atomic E-state index is 0.0943. The van der Waals surface area contributed by atoms with Crippen LogP contribution in [-0.4, -0.2) is 22.2 Å². The monoisotopic (exact) mass is 347 g/mol. The van der Waals surface area contributed by atoms with E-state index in [9.17, 15) is 9.59 Å². The molecule has 0 fully saturated rings. The molecule has 1 aromatic heterocycles. The minimum Gasteiger partial charge on any atom is -0.353 e.